The van der Waals surface area contributed by atoms with E-state index in [4.69, 9.17) is 4.74 Å². The van der Waals surface area contributed by atoms with Crippen molar-refractivity contribution in [2.24, 2.45) is 10.9 Å². The van der Waals surface area contributed by atoms with Gasteiger partial charge in [-0.3, -0.25) is 9.79 Å². The van der Waals surface area contributed by atoms with E-state index in [-0.39, 0.29) is 29.9 Å². The number of ether oxygens (including phenoxy) is 1. The second kappa shape index (κ2) is 12.6. The number of carbonyl (C=O) groups is 1. The molecule has 0 bridgehead atoms. The molecular formula is C24H34IN5O2. The topological polar surface area (TPSA) is 78.9 Å². The van der Waals surface area contributed by atoms with Crippen LogP contribution in [0.4, 0.5) is 0 Å². The van der Waals surface area contributed by atoms with Gasteiger partial charge in [-0.15, -0.1) is 24.0 Å². The number of rotatable bonds is 6. The smallest absolute Gasteiger partial charge is 0.220 e. The average molecular weight is 551 g/mol. The van der Waals surface area contributed by atoms with Crippen LogP contribution in [0.1, 0.15) is 36.0 Å². The Labute approximate surface area is 208 Å². The van der Waals surface area contributed by atoms with Crippen molar-refractivity contribution >= 4 is 35.8 Å². The first-order valence-corrected chi connectivity index (χ1v) is 10.8. The summed E-state index contributed by atoms with van der Waals surface area (Å²) in [5, 5.41) is 6.16. The number of aryl methyl sites for hydroxylation is 2. The van der Waals surface area contributed by atoms with Gasteiger partial charge in [0.05, 0.1) is 0 Å². The number of benzene rings is 1. The van der Waals surface area contributed by atoms with E-state index in [1.165, 1.54) is 11.1 Å². The Morgan fingerprint density at radius 2 is 1.94 bits per heavy atom. The maximum absolute atomic E-state index is 11.6. The Balaban J connectivity index is 0.00000363. The highest BCUT2D eigenvalue weighted by atomic mass is 127. The van der Waals surface area contributed by atoms with Crippen LogP contribution in [0.2, 0.25) is 0 Å². The standard InChI is InChI=1S/C24H33N5O2.HI/c1-17-5-6-21(13-18(17)2)31-23-15-20(7-10-27-23)16-28-24(26-4)29-11-8-19(9-12-29)14-22(30)25-3;/h5-7,10,13,15,19H,8-9,11-12,14,16H2,1-4H3,(H,25,30)(H,26,28);1H. The normalized spacial score (nSPS) is 14.5. The third-order valence-corrected chi connectivity index (χ3v) is 5.83. The van der Waals surface area contributed by atoms with Gasteiger partial charge in [0.25, 0.3) is 0 Å². The molecule has 0 saturated carbocycles. The first-order chi connectivity index (χ1) is 15.0. The maximum atomic E-state index is 11.6. The lowest BCUT2D eigenvalue weighted by atomic mass is 9.93. The van der Waals surface area contributed by atoms with Crippen molar-refractivity contribution < 1.29 is 9.53 Å². The van der Waals surface area contributed by atoms with Gasteiger partial charge in [-0.1, -0.05) is 6.07 Å². The van der Waals surface area contributed by atoms with Crippen LogP contribution in [-0.4, -0.2) is 48.9 Å². The molecule has 0 aliphatic carbocycles. The SMILES string of the molecule is CN=C(NCc1ccnc(Oc2ccc(C)c(C)c2)c1)N1CCC(CC(=O)NC)CC1.I. The van der Waals surface area contributed by atoms with Crippen LogP contribution in [0.15, 0.2) is 41.5 Å². The number of aliphatic imine (C=N–C) groups is 1. The molecule has 8 heteroatoms. The van der Waals surface area contributed by atoms with Gasteiger partial charge in [-0.2, -0.15) is 0 Å². The lowest BCUT2D eigenvalue weighted by molar-refractivity contribution is -0.121. The molecule has 1 amide bonds. The van der Waals surface area contributed by atoms with Crippen molar-refractivity contribution in [3.63, 3.8) is 0 Å². The zero-order valence-corrected chi connectivity index (χ0v) is 21.7. The number of amides is 1. The van der Waals surface area contributed by atoms with Crippen LogP contribution >= 0.6 is 24.0 Å². The Hall–Kier alpha value is -2.36. The molecule has 0 radical (unpaired) electrons. The van der Waals surface area contributed by atoms with Crippen LogP contribution in [0.3, 0.4) is 0 Å². The van der Waals surface area contributed by atoms with E-state index in [0.717, 1.165) is 43.2 Å². The number of nitrogens with zero attached hydrogens (tertiary/aromatic N) is 3. The molecule has 2 heterocycles. The second-order valence-corrected chi connectivity index (χ2v) is 8.06. The van der Waals surface area contributed by atoms with Crippen LogP contribution in [-0.2, 0) is 11.3 Å². The molecule has 7 nitrogen and oxygen atoms in total. The minimum absolute atomic E-state index is 0. The largest absolute Gasteiger partial charge is 0.439 e. The third kappa shape index (κ3) is 7.36. The quantitative estimate of drug-likeness (QED) is 0.322. The van der Waals surface area contributed by atoms with Crippen LogP contribution < -0.4 is 15.4 Å². The summed E-state index contributed by atoms with van der Waals surface area (Å²) in [6.07, 6.45) is 4.37. The van der Waals surface area contributed by atoms with Gasteiger partial charge < -0.3 is 20.3 Å². The monoisotopic (exact) mass is 551 g/mol. The van der Waals surface area contributed by atoms with E-state index in [1.807, 2.05) is 24.3 Å². The summed E-state index contributed by atoms with van der Waals surface area (Å²) in [4.78, 5) is 22.6. The lowest BCUT2D eigenvalue weighted by Gasteiger charge is -2.34. The number of guanidine groups is 1. The molecule has 32 heavy (non-hydrogen) atoms. The number of aromatic nitrogens is 1. The van der Waals surface area contributed by atoms with E-state index >= 15 is 0 Å². The van der Waals surface area contributed by atoms with Gasteiger partial charge in [0.1, 0.15) is 5.75 Å². The predicted molar refractivity (Wildman–Crippen MR) is 139 cm³/mol. The summed E-state index contributed by atoms with van der Waals surface area (Å²) >= 11 is 0. The Bertz CT molecular complexity index is 926. The van der Waals surface area contributed by atoms with Crippen molar-refractivity contribution in [1.82, 2.24) is 20.5 Å². The van der Waals surface area contributed by atoms with E-state index in [1.54, 1.807) is 20.3 Å². The highest BCUT2D eigenvalue weighted by molar-refractivity contribution is 14.0. The summed E-state index contributed by atoms with van der Waals surface area (Å²) < 4.78 is 5.94. The van der Waals surface area contributed by atoms with Crippen LogP contribution in [0.25, 0.3) is 0 Å². The fourth-order valence-corrected chi connectivity index (χ4v) is 3.74. The Kier molecular flexibility index (Phi) is 10.2. The Morgan fingerprint density at radius 1 is 1.19 bits per heavy atom. The molecule has 1 aliphatic heterocycles. The summed E-state index contributed by atoms with van der Waals surface area (Å²) in [5.41, 5.74) is 3.50. The average Bonchev–Trinajstić information content (AvgIpc) is 2.78. The predicted octanol–water partition coefficient (Wildman–Crippen LogP) is 4.03. The van der Waals surface area contributed by atoms with Crippen molar-refractivity contribution in [3.05, 3.63) is 53.2 Å². The van der Waals surface area contributed by atoms with Crippen molar-refractivity contribution in [2.45, 2.75) is 39.7 Å². The minimum atomic E-state index is 0. The summed E-state index contributed by atoms with van der Waals surface area (Å²) in [7, 11) is 3.50. The van der Waals surface area contributed by atoms with Crippen molar-refractivity contribution in [1.29, 1.82) is 0 Å². The molecule has 1 fully saturated rings. The minimum Gasteiger partial charge on any atom is -0.439 e. The number of hydrogen-bond acceptors (Lipinski definition) is 4. The van der Waals surface area contributed by atoms with Gasteiger partial charge in [-0.25, -0.2) is 4.98 Å². The van der Waals surface area contributed by atoms with E-state index in [0.29, 0.717) is 24.8 Å². The van der Waals surface area contributed by atoms with Gasteiger partial charge in [0, 0.05) is 52.4 Å². The number of carbonyl (C=O) groups excluding carboxylic acids is 1. The van der Waals surface area contributed by atoms with Crippen LogP contribution in [0.5, 0.6) is 11.6 Å². The van der Waals surface area contributed by atoms with Gasteiger partial charge in [0.15, 0.2) is 5.96 Å². The van der Waals surface area contributed by atoms with E-state index in [9.17, 15) is 4.79 Å². The van der Waals surface area contributed by atoms with Gasteiger partial charge in [-0.05, 0) is 67.5 Å². The molecule has 174 valence electrons. The van der Waals surface area contributed by atoms with Crippen molar-refractivity contribution in [3.8, 4) is 11.6 Å². The second-order valence-electron chi connectivity index (χ2n) is 8.06. The number of hydrogen-bond donors (Lipinski definition) is 2. The van der Waals surface area contributed by atoms with Gasteiger partial charge in [0.2, 0.25) is 11.8 Å². The first kappa shape index (κ1) is 25.9. The molecule has 3 rings (SSSR count). The summed E-state index contributed by atoms with van der Waals surface area (Å²) in [6.45, 7) is 6.60. The van der Waals surface area contributed by atoms with Gasteiger partial charge >= 0.3 is 0 Å². The molecule has 1 aromatic carbocycles. The highest BCUT2D eigenvalue weighted by Crippen LogP contribution is 2.23. The highest BCUT2D eigenvalue weighted by Gasteiger charge is 2.23. The zero-order chi connectivity index (χ0) is 22.2. The number of pyridine rings is 1. The van der Waals surface area contributed by atoms with Crippen LogP contribution in [0, 0.1) is 19.8 Å². The zero-order valence-electron chi connectivity index (χ0n) is 19.4. The molecule has 2 N–H and O–H groups in total. The Morgan fingerprint density at radius 3 is 2.59 bits per heavy atom. The number of likely N-dealkylation sites (tertiary alicyclic amines) is 1. The maximum Gasteiger partial charge on any atom is 0.220 e. The fraction of sp³-hybridized carbons (Fsp3) is 0.458. The molecular weight excluding hydrogens is 517 g/mol. The summed E-state index contributed by atoms with van der Waals surface area (Å²) in [5.74, 6) is 2.81. The number of piperidine rings is 1. The molecule has 1 aromatic heterocycles. The molecule has 1 aliphatic rings. The number of halogens is 1. The lowest BCUT2D eigenvalue weighted by Crippen LogP contribution is -2.45. The molecule has 0 unspecified atom stereocenters. The fourth-order valence-electron chi connectivity index (χ4n) is 3.74. The van der Waals surface area contributed by atoms with E-state index in [2.05, 4.69) is 45.4 Å². The number of nitrogens with one attached hydrogen (secondary N) is 2. The molecule has 2 aromatic rings. The van der Waals surface area contributed by atoms with E-state index < -0.39 is 0 Å². The first-order valence-electron chi connectivity index (χ1n) is 10.8. The van der Waals surface area contributed by atoms with Crippen molar-refractivity contribution in [2.75, 3.05) is 27.2 Å². The molecule has 0 atom stereocenters. The summed E-state index contributed by atoms with van der Waals surface area (Å²) in [6, 6.07) is 9.97. The third-order valence-electron chi connectivity index (χ3n) is 5.83. The molecule has 1 saturated heterocycles. The molecule has 0 spiro atoms.